The predicted molar refractivity (Wildman–Crippen MR) is 103 cm³/mol. The molecule has 0 amide bonds. The number of halogens is 2. The third-order valence-corrected chi connectivity index (χ3v) is 4.10. The molecule has 0 atom stereocenters. The molecule has 0 heterocycles. The van der Waals surface area contributed by atoms with Crippen LogP contribution in [0.1, 0.15) is 16.7 Å². The number of hydrogen-bond acceptors (Lipinski definition) is 2. The molecule has 4 heteroatoms. The Bertz CT molecular complexity index is 811. The van der Waals surface area contributed by atoms with Crippen LogP contribution in [0.15, 0.2) is 89.1 Å². The van der Waals surface area contributed by atoms with Crippen molar-refractivity contribution in [3.05, 3.63) is 106 Å². The van der Waals surface area contributed by atoms with E-state index in [4.69, 9.17) is 23.2 Å². The lowest BCUT2D eigenvalue weighted by atomic mass is 10.0. The maximum Gasteiger partial charge on any atom is 0.100 e. The van der Waals surface area contributed by atoms with Gasteiger partial charge in [-0.05, 0) is 12.1 Å². The first-order chi connectivity index (χ1) is 11.8. The Morgan fingerprint density at radius 3 is 1.67 bits per heavy atom. The summed E-state index contributed by atoms with van der Waals surface area (Å²) in [4.78, 5) is 0. The van der Waals surface area contributed by atoms with E-state index in [1.165, 1.54) is 0 Å². The van der Waals surface area contributed by atoms with E-state index in [2.05, 4.69) is 10.2 Å². The van der Waals surface area contributed by atoms with Crippen molar-refractivity contribution < 1.29 is 0 Å². The topological polar surface area (TPSA) is 24.7 Å². The molecule has 0 saturated heterocycles. The Kier molecular flexibility index (Phi) is 5.42. The highest BCUT2D eigenvalue weighted by Crippen LogP contribution is 2.22. The smallest absolute Gasteiger partial charge is 0.100 e. The third kappa shape index (κ3) is 3.91. The molecule has 0 aliphatic heterocycles. The van der Waals surface area contributed by atoms with Crippen molar-refractivity contribution >= 4 is 35.1 Å². The summed E-state index contributed by atoms with van der Waals surface area (Å²) in [6.45, 7) is 0. The van der Waals surface area contributed by atoms with Gasteiger partial charge in [-0.3, -0.25) is 0 Å². The van der Waals surface area contributed by atoms with E-state index in [1.807, 2.05) is 60.7 Å². The normalized spacial score (nSPS) is 10.8. The number of benzene rings is 3. The molecule has 0 bridgehead atoms. The first kappa shape index (κ1) is 16.4. The second kappa shape index (κ2) is 7.91. The van der Waals surface area contributed by atoms with Gasteiger partial charge in [-0.2, -0.15) is 5.10 Å². The van der Waals surface area contributed by atoms with Crippen LogP contribution in [0.25, 0.3) is 0 Å². The van der Waals surface area contributed by atoms with Crippen LogP contribution in [0, 0.1) is 0 Å². The van der Waals surface area contributed by atoms with Crippen molar-refractivity contribution in [1.29, 1.82) is 0 Å². The molecule has 0 aromatic heterocycles. The zero-order valence-corrected chi connectivity index (χ0v) is 14.2. The Morgan fingerprint density at radius 1 is 0.667 bits per heavy atom. The molecule has 118 valence electrons. The van der Waals surface area contributed by atoms with Crippen LogP contribution in [0.3, 0.4) is 0 Å². The molecule has 0 fully saturated rings. The van der Waals surface area contributed by atoms with Gasteiger partial charge in [0.15, 0.2) is 0 Å². The molecule has 2 nitrogen and oxygen atoms in total. The Balaban J connectivity index is 2.00. The average Bonchev–Trinajstić information content (AvgIpc) is 2.62. The maximum absolute atomic E-state index is 6.15. The van der Waals surface area contributed by atoms with Crippen molar-refractivity contribution in [1.82, 2.24) is 0 Å². The standard InChI is InChI=1S/C20H14Cl2N2/c21-18-12-7-13-19(22)17(18)14-23-24-20(15-8-3-1-4-9-15)16-10-5-2-6-11-16/h1-14H. The second-order valence-electron chi connectivity index (χ2n) is 5.06. The predicted octanol–water partition coefficient (Wildman–Crippen LogP) is 5.86. The largest absolute Gasteiger partial charge is 0.158 e. The summed E-state index contributed by atoms with van der Waals surface area (Å²) in [6, 6.07) is 25.2. The van der Waals surface area contributed by atoms with E-state index in [0.717, 1.165) is 16.8 Å². The number of nitrogens with zero attached hydrogens (tertiary/aromatic N) is 2. The third-order valence-electron chi connectivity index (χ3n) is 3.44. The molecule has 0 aliphatic carbocycles. The first-order valence-corrected chi connectivity index (χ1v) is 8.17. The number of hydrogen-bond donors (Lipinski definition) is 0. The molecule has 0 unspecified atom stereocenters. The van der Waals surface area contributed by atoms with Crippen LogP contribution < -0.4 is 0 Å². The molecule has 3 aromatic carbocycles. The summed E-state index contributed by atoms with van der Waals surface area (Å²) in [5.74, 6) is 0. The van der Waals surface area contributed by atoms with Crippen LogP contribution in [0.2, 0.25) is 10.0 Å². The summed E-state index contributed by atoms with van der Waals surface area (Å²) < 4.78 is 0. The summed E-state index contributed by atoms with van der Waals surface area (Å²) in [5.41, 5.74) is 3.43. The molecule has 0 N–H and O–H groups in total. The summed E-state index contributed by atoms with van der Waals surface area (Å²) in [7, 11) is 0. The van der Waals surface area contributed by atoms with Crippen LogP contribution in [0.4, 0.5) is 0 Å². The van der Waals surface area contributed by atoms with Crippen molar-refractivity contribution in [3.63, 3.8) is 0 Å². The quantitative estimate of drug-likeness (QED) is 0.414. The lowest BCUT2D eigenvalue weighted by Crippen LogP contribution is -2.02. The van der Waals surface area contributed by atoms with Gasteiger partial charge in [-0.15, -0.1) is 5.10 Å². The second-order valence-corrected chi connectivity index (χ2v) is 5.87. The van der Waals surface area contributed by atoms with Crippen molar-refractivity contribution in [2.24, 2.45) is 10.2 Å². The highest BCUT2D eigenvalue weighted by atomic mass is 35.5. The molecule has 0 spiro atoms. The molecule has 3 aromatic rings. The van der Waals surface area contributed by atoms with Gasteiger partial charge in [-0.25, -0.2) is 0 Å². The summed E-state index contributed by atoms with van der Waals surface area (Å²) in [6.07, 6.45) is 1.58. The Hall–Kier alpha value is -2.42. The van der Waals surface area contributed by atoms with Crippen LogP contribution in [0.5, 0.6) is 0 Å². The minimum Gasteiger partial charge on any atom is -0.158 e. The minimum atomic E-state index is 0.544. The van der Waals surface area contributed by atoms with Gasteiger partial charge in [0.25, 0.3) is 0 Å². The van der Waals surface area contributed by atoms with Gasteiger partial charge in [0.1, 0.15) is 5.71 Å². The van der Waals surface area contributed by atoms with Gasteiger partial charge < -0.3 is 0 Å². The maximum atomic E-state index is 6.15. The monoisotopic (exact) mass is 352 g/mol. The van der Waals surface area contributed by atoms with Gasteiger partial charge >= 0.3 is 0 Å². The van der Waals surface area contributed by atoms with E-state index in [0.29, 0.717) is 15.6 Å². The van der Waals surface area contributed by atoms with Crippen molar-refractivity contribution in [2.75, 3.05) is 0 Å². The van der Waals surface area contributed by atoms with Crippen LogP contribution >= 0.6 is 23.2 Å². The van der Waals surface area contributed by atoms with E-state index in [-0.39, 0.29) is 0 Å². The number of rotatable bonds is 4. The van der Waals surface area contributed by atoms with E-state index in [9.17, 15) is 0 Å². The zero-order valence-electron chi connectivity index (χ0n) is 12.7. The zero-order chi connectivity index (χ0) is 16.8. The molecule has 3 rings (SSSR count). The molecule has 0 radical (unpaired) electrons. The SMILES string of the molecule is Clc1cccc(Cl)c1C=NN=C(c1ccccc1)c1ccccc1. The lowest BCUT2D eigenvalue weighted by molar-refractivity contribution is 1.24. The van der Waals surface area contributed by atoms with Crippen molar-refractivity contribution in [2.45, 2.75) is 0 Å². The fourth-order valence-electron chi connectivity index (χ4n) is 2.25. The van der Waals surface area contributed by atoms with Crippen LogP contribution in [-0.2, 0) is 0 Å². The molecular weight excluding hydrogens is 339 g/mol. The van der Waals surface area contributed by atoms with Gasteiger partial charge in [0.2, 0.25) is 0 Å². The van der Waals surface area contributed by atoms with Gasteiger partial charge in [0, 0.05) is 16.7 Å². The molecular formula is C20H14Cl2N2. The summed E-state index contributed by atoms with van der Waals surface area (Å²) >= 11 is 12.3. The van der Waals surface area contributed by atoms with E-state index < -0.39 is 0 Å². The fourth-order valence-corrected chi connectivity index (χ4v) is 2.75. The Labute approximate surface area is 151 Å². The van der Waals surface area contributed by atoms with Gasteiger partial charge in [-0.1, -0.05) is 89.9 Å². The fraction of sp³-hybridized carbons (Fsp3) is 0. The van der Waals surface area contributed by atoms with Gasteiger partial charge in [0.05, 0.1) is 16.3 Å². The molecule has 24 heavy (non-hydrogen) atoms. The van der Waals surface area contributed by atoms with Crippen LogP contribution in [-0.4, -0.2) is 11.9 Å². The lowest BCUT2D eigenvalue weighted by Gasteiger charge is -2.05. The molecule has 0 aliphatic rings. The highest BCUT2D eigenvalue weighted by Gasteiger charge is 2.06. The highest BCUT2D eigenvalue weighted by molar-refractivity contribution is 6.38. The average molecular weight is 353 g/mol. The summed E-state index contributed by atoms with van der Waals surface area (Å²) in [5, 5.41) is 9.71. The first-order valence-electron chi connectivity index (χ1n) is 7.41. The molecule has 0 saturated carbocycles. The Morgan fingerprint density at radius 2 is 1.17 bits per heavy atom. The van der Waals surface area contributed by atoms with E-state index in [1.54, 1.807) is 24.4 Å². The van der Waals surface area contributed by atoms with Crippen molar-refractivity contribution in [3.8, 4) is 0 Å². The minimum absolute atomic E-state index is 0.544. The van der Waals surface area contributed by atoms with E-state index >= 15 is 0 Å².